The summed E-state index contributed by atoms with van der Waals surface area (Å²) in [5.74, 6) is -1.25. The lowest BCUT2D eigenvalue weighted by Gasteiger charge is -2.45. The number of carbonyl (C=O) groups is 3. The van der Waals surface area contributed by atoms with Crippen molar-refractivity contribution in [3.05, 3.63) is 81.7 Å². The van der Waals surface area contributed by atoms with Crippen molar-refractivity contribution in [2.45, 2.75) is 71.6 Å². The van der Waals surface area contributed by atoms with Crippen LogP contribution in [0.2, 0.25) is 0 Å². The number of halogens is 3. The number of Topliss-reactive ketones (excluding diaryl/α,β-unsaturated/α-hetero) is 2. The normalized spacial score (nSPS) is 22.9. The lowest BCUT2D eigenvalue weighted by atomic mass is 9.64. The van der Waals surface area contributed by atoms with Crippen LogP contribution < -0.4 is 5.32 Å². The fourth-order valence-corrected chi connectivity index (χ4v) is 6.91. The molecule has 5 rings (SSSR count). The maximum atomic E-state index is 14.3. The van der Waals surface area contributed by atoms with Crippen LogP contribution in [0.25, 0.3) is 0 Å². The van der Waals surface area contributed by atoms with E-state index in [0.29, 0.717) is 55.6 Å². The Labute approximate surface area is 262 Å². The van der Waals surface area contributed by atoms with E-state index in [0.717, 1.165) is 36.2 Å². The Morgan fingerprint density at radius 1 is 1.09 bits per heavy atom. The summed E-state index contributed by atoms with van der Waals surface area (Å²) in [4.78, 5) is 42.7. The first-order chi connectivity index (χ1) is 21.3. The number of ketones is 2. The van der Waals surface area contributed by atoms with Crippen molar-refractivity contribution in [2.75, 3.05) is 26.8 Å². The minimum absolute atomic E-state index is 0.0451. The van der Waals surface area contributed by atoms with Crippen molar-refractivity contribution in [1.29, 1.82) is 0 Å². The number of rotatable bonds is 7. The SMILES string of the molecule is COC(C)C1=C(C(=O)c2ccc(C(F)(F)F)cc2)C(C2CCN(C(=O)OCC3=CCCC=C3)CC2)C2=C(CC(C)(C)CC2=O)N1. The van der Waals surface area contributed by atoms with Gasteiger partial charge in [0.05, 0.1) is 17.4 Å². The number of nitrogens with one attached hydrogen (secondary N) is 1. The molecule has 7 nitrogen and oxygen atoms in total. The largest absolute Gasteiger partial charge is 0.445 e. The van der Waals surface area contributed by atoms with Gasteiger partial charge in [0.25, 0.3) is 0 Å². The first kappa shape index (κ1) is 32.7. The van der Waals surface area contributed by atoms with Crippen LogP contribution in [-0.4, -0.2) is 55.5 Å². The highest BCUT2D eigenvalue weighted by Gasteiger charge is 2.47. The topological polar surface area (TPSA) is 84.9 Å². The Hall–Kier alpha value is -3.66. The molecule has 0 bridgehead atoms. The van der Waals surface area contributed by atoms with Crippen molar-refractivity contribution in [3.8, 4) is 0 Å². The van der Waals surface area contributed by atoms with Gasteiger partial charge in [-0.1, -0.05) is 44.2 Å². The summed E-state index contributed by atoms with van der Waals surface area (Å²) in [5.41, 5.74) is 2.12. The van der Waals surface area contributed by atoms with Gasteiger partial charge in [-0.3, -0.25) is 9.59 Å². The van der Waals surface area contributed by atoms with Gasteiger partial charge in [-0.2, -0.15) is 13.2 Å². The number of benzene rings is 1. The van der Waals surface area contributed by atoms with E-state index < -0.39 is 35.6 Å². The standard InChI is InChI=1S/C35H41F3N2O5/c1-21(44-4)31-30(32(42)24-10-12-25(13-11-24)35(36,37)38)28(29-26(39-31)18-34(2,3)19-27(29)41)23-14-16-40(17-15-23)33(43)45-20-22-8-6-5-7-9-22/h6,8-13,21,23,28,39H,5,7,14-20H2,1-4H3. The first-order valence-electron chi connectivity index (χ1n) is 15.6. The summed E-state index contributed by atoms with van der Waals surface area (Å²) < 4.78 is 51.2. The average Bonchev–Trinajstić information content (AvgIpc) is 3.01. The quantitative estimate of drug-likeness (QED) is 0.323. The Morgan fingerprint density at radius 2 is 1.78 bits per heavy atom. The molecule has 0 saturated carbocycles. The second kappa shape index (κ2) is 13.0. The number of carbonyl (C=O) groups excluding carboxylic acids is 3. The summed E-state index contributed by atoms with van der Waals surface area (Å²) in [5, 5.41) is 3.39. The molecule has 10 heteroatoms. The molecule has 45 heavy (non-hydrogen) atoms. The van der Waals surface area contributed by atoms with Gasteiger partial charge in [0.15, 0.2) is 11.6 Å². The molecule has 1 saturated heterocycles. The summed E-state index contributed by atoms with van der Waals surface area (Å²) >= 11 is 0. The van der Waals surface area contributed by atoms with Gasteiger partial charge >= 0.3 is 12.3 Å². The zero-order valence-electron chi connectivity index (χ0n) is 26.3. The zero-order chi connectivity index (χ0) is 32.5. The van der Waals surface area contributed by atoms with Crippen molar-refractivity contribution in [1.82, 2.24) is 10.2 Å². The summed E-state index contributed by atoms with van der Waals surface area (Å²) in [6.45, 7) is 6.84. The molecule has 2 heterocycles. The third-order valence-corrected chi connectivity index (χ3v) is 9.30. The molecule has 2 unspecified atom stereocenters. The van der Waals surface area contributed by atoms with E-state index in [1.165, 1.54) is 19.2 Å². The second-order valence-electron chi connectivity index (χ2n) is 13.2. The number of allylic oxidation sites excluding steroid dienone is 5. The number of ether oxygens (including phenoxy) is 2. The molecule has 1 N–H and O–H groups in total. The minimum Gasteiger partial charge on any atom is -0.445 e. The maximum absolute atomic E-state index is 14.3. The Bertz CT molecular complexity index is 1460. The van der Waals surface area contributed by atoms with Crippen LogP contribution in [0.15, 0.2) is 70.6 Å². The van der Waals surface area contributed by atoms with E-state index >= 15 is 0 Å². The molecule has 242 valence electrons. The Balaban J connectivity index is 1.47. The molecule has 1 aromatic carbocycles. The van der Waals surface area contributed by atoms with Crippen LogP contribution in [0, 0.1) is 17.3 Å². The summed E-state index contributed by atoms with van der Waals surface area (Å²) in [7, 11) is 1.53. The van der Waals surface area contributed by atoms with E-state index in [4.69, 9.17) is 9.47 Å². The number of alkyl halides is 3. The average molecular weight is 627 g/mol. The molecule has 1 amide bonds. The predicted molar refractivity (Wildman–Crippen MR) is 163 cm³/mol. The lowest BCUT2D eigenvalue weighted by Crippen LogP contribution is -2.47. The van der Waals surface area contributed by atoms with Crippen LogP contribution in [0.4, 0.5) is 18.0 Å². The van der Waals surface area contributed by atoms with Crippen LogP contribution in [0.5, 0.6) is 0 Å². The molecule has 2 aliphatic heterocycles. The molecule has 0 aromatic heterocycles. The van der Waals surface area contributed by atoms with Crippen molar-refractivity contribution in [3.63, 3.8) is 0 Å². The van der Waals surface area contributed by atoms with E-state index in [2.05, 4.69) is 17.5 Å². The van der Waals surface area contributed by atoms with Gasteiger partial charge in [0.2, 0.25) is 0 Å². The summed E-state index contributed by atoms with van der Waals surface area (Å²) in [6, 6.07) is 4.19. The highest BCUT2D eigenvalue weighted by molar-refractivity contribution is 6.12. The van der Waals surface area contributed by atoms with Crippen molar-refractivity contribution in [2.24, 2.45) is 17.3 Å². The van der Waals surface area contributed by atoms with Gasteiger partial charge in [-0.25, -0.2) is 4.79 Å². The van der Waals surface area contributed by atoms with E-state index in [-0.39, 0.29) is 29.3 Å². The molecule has 2 atom stereocenters. The molecule has 0 spiro atoms. The molecule has 1 fully saturated rings. The van der Waals surface area contributed by atoms with Gasteiger partial charge in [0.1, 0.15) is 6.61 Å². The zero-order valence-corrected chi connectivity index (χ0v) is 26.3. The number of nitrogens with zero attached hydrogens (tertiary/aromatic N) is 1. The fraction of sp³-hybridized carbons (Fsp3) is 0.514. The number of likely N-dealkylation sites (tertiary alicyclic amines) is 1. The second-order valence-corrected chi connectivity index (χ2v) is 13.2. The number of hydrogen-bond donors (Lipinski definition) is 1. The van der Waals surface area contributed by atoms with Crippen LogP contribution in [0.3, 0.4) is 0 Å². The number of amides is 1. The maximum Gasteiger partial charge on any atom is 0.416 e. The minimum atomic E-state index is -4.54. The number of piperidine rings is 1. The molecule has 0 radical (unpaired) electrons. The van der Waals surface area contributed by atoms with E-state index in [1.807, 2.05) is 19.9 Å². The lowest BCUT2D eigenvalue weighted by molar-refractivity contribution is -0.137. The Kier molecular flexibility index (Phi) is 9.44. The highest BCUT2D eigenvalue weighted by Crippen LogP contribution is 2.48. The number of dihydropyridines is 1. The number of hydrogen-bond acceptors (Lipinski definition) is 6. The fourth-order valence-electron chi connectivity index (χ4n) is 6.91. The molecular formula is C35H41F3N2O5. The molecule has 4 aliphatic rings. The van der Waals surface area contributed by atoms with Crippen LogP contribution >= 0.6 is 0 Å². The highest BCUT2D eigenvalue weighted by atomic mass is 19.4. The molecule has 1 aromatic rings. The van der Waals surface area contributed by atoms with Crippen LogP contribution in [-0.2, 0) is 20.4 Å². The Morgan fingerprint density at radius 3 is 2.38 bits per heavy atom. The monoisotopic (exact) mass is 626 g/mol. The van der Waals surface area contributed by atoms with E-state index in [9.17, 15) is 27.6 Å². The van der Waals surface area contributed by atoms with Gasteiger partial charge < -0.3 is 19.7 Å². The molecule has 2 aliphatic carbocycles. The van der Waals surface area contributed by atoms with Gasteiger partial charge in [0, 0.05) is 54.9 Å². The van der Waals surface area contributed by atoms with Crippen molar-refractivity contribution < 1.29 is 37.0 Å². The van der Waals surface area contributed by atoms with Crippen LogP contribution in [0.1, 0.15) is 75.2 Å². The number of methoxy groups -OCH3 is 1. The smallest absolute Gasteiger partial charge is 0.416 e. The summed E-state index contributed by atoms with van der Waals surface area (Å²) in [6.07, 6.45) is 4.45. The third-order valence-electron chi connectivity index (χ3n) is 9.30. The van der Waals surface area contributed by atoms with Gasteiger partial charge in [-0.05, 0) is 68.1 Å². The molecular weight excluding hydrogens is 585 g/mol. The van der Waals surface area contributed by atoms with Crippen molar-refractivity contribution >= 4 is 17.7 Å². The predicted octanol–water partition coefficient (Wildman–Crippen LogP) is 7.16. The van der Waals surface area contributed by atoms with E-state index in [1.54, 1.807) is 11.8 Å². The third kappa shape index (κ3) is 7.11. The first-order valence-corrected chi connectivity index (χ1v) is 15.6. The van der Waals surface area contributed by atoms with Gasteiger partial charge in [-0.15, -0.1) is 0 Å².